The molecule has 8 heteroatoms. The molecule has 0 atom stereocenters. The van der Waals surface area contributed by atoms with Crippen molar-refractivity contribution < 1.29 is 14.0 Å². The fourth-order valence-electron chi connectivity index (χ4n) is 3.36. The van der Waals surface area contributed by atoms with E-state index in [9.17, 15) is 18.8 Å². The van der Waals surface area contributed by atoms with Crippen LogP contribution < -0.4 is 10.9 Å². The zero-order chi connectivity index (χ0) is 22.7. The van der Waals surface area contributed by atoms with Crippen LogP contribution in [0.2, 0.25) is 0 Å². The molecule has 0 spiro atoms. The molecule has 6 nitrogen and oxygen atoms in total. The summed E-state index contributed by atoms with van der Waals surface area (Å²) in [7, 11) is 0. The number of Topliss-reactive ketones (excluding diaryl/α,β-unsaturated/α-hetero) is 1. The Bertz CT molecular complexity index is 1340. The lowest BCUT2D eigenvalue weighted by molar-refractivity contribution is -0.116. The second-order valence-electron chi connectivity index (χ2n) is 7.31. The molecule has 0 aliphatic rings. The van der Waals surface area contributed by atoms with Crippen LogP contribution in [0, 0.1) is 5.82 Å². The van der Waals surface area contributed by atoms with Crippen LogP contribution in [-0.4, -0.2) is 21.2 Å². The fraction of sp³-hybridized carbons (Fsp3) is 0.167. The van der Waals surface area contributed by atoms with Gasteiger partial charge in [0.2, 0.25) is 5.91 Å². The highest BCUT2D eigenvalue weighted by Gasteiger charge is 2.15. The Balaban J connectivity index is 1.58. The van der Waals surface area contributed by atoms with Gasteiger partial charge in [0, 0.05) is 28.6 Å². The maximum Gasteiger partial charge on any atom is 0.263 e. The van der Waals surface area contributed by atoms with Gasteiger partial charge in [-0.2, -0.15) is 0 Å². The van der Waals surface area contributed by atoms with E-state index in [1.807, 2.05) is 12.3 Å². The van der Waals surface area contributed by atoms with Gasteiger partial charge < -0.3 is 5.32 Å². The summed E-state index contributed by atoms with van der Waals surface area (Å²) >= 11 is 1.32. The summed E-state index contributed by atoms with van der Waals surface area (Å²) in [4.78, 5) is 42.5. The van der Waals surface area contributed by atoms with E-state index in [4.69, 9.17) is 0 Å². The number of benzene rings is 2. The number of ketones is 1. The Kier molecular flexibility index (Phi) is 6.23. The molecule has 1 N–H and O–H groups in total. The molecular weight excluding hydrogens is 429 g/mol. The minimum Gasteiger partial charge on any atom is -0.326 e. The van der Waals surface area contributed by atoms with Gasteiger partial charge in [0.1, 0.15) is 10.6 Å². The number of carbonyl (C=O) groups is 2. The minimum atomic E-state index is -0.356. The molecule has 0 aliphatic carbocycles. The number of nitrogens with zero attached hydrogens (tertiary/aromatic N) is 2. The van der Waals surface area contributed by atoms with Gasteiger partial charge in [-0.05, 0) is 48.4 Å². The minimum absolute atomic E-state index is 0.0785. The second-order valence-corrected chi connectivity index (χ2v) is 8.17. The summed E-state index contributed by atoms with van der Waals surface area (Å²) < 4.78 is 14.6. The maximum absolute atomic E-state index is 13.3. The van der Waals surface area contributed by atoms with Crippen LogP contribution in [0.15, 0.2) is 65.0 Å². The molecule has 0 fully saturated rings. The van der Waals surface area contributed by atoms with Crippen LogP contribution in [0.25, 0.3) is 21.3 Å². The predicted octanol–water partition coefficient (Wildman–Crippen LogP) is 4.89. The number of rotatable bonds is 7. The number of nitrogens with one attached hydrogen (secondary N) is 1. The van der Waals surface area contributed by atoms with Crippen LogP contribution in [-0.2, 0) is 11.3 Å². The molecular formula is C24H20FN3O3S. The molecule has 162 valence electrons. The van der Waals surface area contributed by atoms with Crippen molar-refractivity contribution in [2.75, 3.05) is 5.32 Å². The largest absolute Gasteiger partial charge is 0.326 e. The van der Waals surface area contributed by atoms with Crippen LogP contribution in [0.4, 0.5) is 10.1 Å². The van der Waals surface area contributed by atoms with Gasteiger partial charge in [-0.3, -0.25) is 19.0 Å². The van der Waals surface area contributed by atoms with E-state index < -0.39 is 0 Å². The monoisotopic (exact) mass is 449 g/mol. The molecule has 0 radical (unpaired) electrons. The SMILES string of the molecule is CCCC(=O)Nc1ccc(C(=O)Cn2cnc3scc(-c4ccc(F)cc4)c3c2=O)cc1. The summed E-state index contributed by atoms with van der Waals surface area (Å²) in [5.41, 5.74) is 2.09. The number of carbonyl (C=O) groups excluding carboxylic acids is 2. The van der Waals surface area contributed by atoms with Gasteiger partial charge in [-0.1, -0.05) is 19.1 Å². The van der Waals surface area contributed by atoms with Crippen LogP contribution in [0.5, 0.6) is 0 Å². The quantitative estimate of drug-likeness (QED) is 0.408. The van der Waals surface area contributed by atoms with Crippen molar-refractivity contribution in [3.05, 3.63) is 82.0 Å². The molecule has 0 saturated heterocycles. The van der Waals surface area contributed by atoms with E-state index in [-0.39, 0.29) is 29.6 Å². The van der Waals surface area contributed by atoms with Crippen molar-refractivity contribution in [1.29, 1.82) is 0 Å². The van der Waals surface area contributed by atoms with E-state index in [1.54, 1.807) is 36.4 Å². The van der Waals surface area contributed by atoms with E-state index in [0.29, 0.717) is 39.0 Å². The van der Waals surface area contributed by atoms with Crippen LogP contribution in [0.3, 0.4) is 0 Å². The molecule has 2 aromatic heterocycles. The smallest absolute Gasteiger partial charge is 0.263 e. The van der Waals surface area contributed by atoms with E-state index >= 15 is 0 Å². The average Bonchev–Trinajstić information content (AvgIpc) is 3.22. The van der Waals surface area contributed by atoms with Gasteiger partial charge in [0.15, 0.2) is 5.78 Å². The lowest BCUT2D eigenvalue weighted by Crippen LogP contribution is -2.24. The van der Waals surface area contributed by atoms with Gasteiger partial charge in [0.05, 0.1) is 18.3 Å². The molecule has 4 rings (SSSR count). The third-order valence-corrected chi connectivity index (χ3v) is 5.88. The lowest BCUT2D eigenvalue weighted by atomic mass is 10.1. The zero-order valence-corrected chi connectivity index (χ0v) is 18.1. The number of anilines is 1. The molecule has 0 saturated carbocycles. The number of hydrogen-bond acceptors (Lipinski definition) is 5. The number of hydrogen-bond donors (Lipinski definition) is 1. The van der Waals surface area contributed by atoms with Gasteiger partial charge >= 0.3 is 0 Å². The molecule has 0 bridgehead atoms. The van der Waals surface area contributed by atoms with Crippen molar-refractivity contribution in [1.82, 2.24) is 9.55 Å². The summed E-state index contributed by atoms with van der Waals surface area (Å²) in [6.07, 6.45) is 2.55. The summed E-state index contributed by atoms with van der Waals surface area (Å²) in [5, 5.41) is 4.99. The van der Waals surface area contributed by atoms with E-state index in [1.165, 1.54) is 34.4 Å². The molecule has 0 unspecified atom stereocenters. The second kappa shape index (κ2) is 9.23. The molecule has 4 aromatic rings. The van der Waals surface area contributed by atoms with Crippen molar-refractivity contribution in [2.24, 2.45) is 0 Å². The first-order valence-corrected chi connectivity index (χ1v) is 11.0. The molecule has 2 aromatic carbocycles. The third-order valence-electron chi connectivity index (χ3n) is 5.00. The van der Waals surface area contributed by atoms with E-state index in [0.717, 1.165) is 6.42 Å². The van der Waals surface area contributed by atoms with Crippen LogP contribution >= 0.6 is 11.3 Å². The van der Waals surface area contributed by atoms with Crippen molar-refractivity contribution in [3.8, 4) is 11.1 Å². The third kappa shape index (κ3) is 4.50. The Morgan fingerprint density at radius 3 is 2.50 bits per heavy atom. The average molecular weight is 450 g/mol. The maximum atomic E-state index is 13.3. The highest BCUT2D eigenvalue weighted by atomic mass is 32.1. The number of aromatic nitrogens is 2. The first kappa shape index (κ1) is 21.6. The first-order valence-electron chi connectivity index (χ1n) is 10.1. The summed E-state index contributed by atoms with van der Waals surface area (Å²) in [6.45, 7) is 1.76. The Morgan fingerprint density at radius 2 is 1.81 bits per heavy atom. The van der Waals surface area contributed by atoms with Crippen LogP contribution in [0.1, 0.15) is 30.1 Å². The predicted molar refractivity (Wildman–Crippen MR) is 124 cm³/mol. The molecule has 32 heavy (non-hydrogen) atoms. The summed E-state index contributed by atoms with van der Waals surface area (Å²) in [5.74, 6) is -0.686. The fourth-order valence-corrected chi connectivity index (χ4v) is 4.26. The Labute approximate surface area is 187 Å². The number of amides is 1. The highest BCUT2D eigenvalue weighted by Crippen LogP contribution is 2.30. The van der Waals surface area contributed by atoms with Crippen molar-refractivity contribution in [3.63, 3.8) is 0 Å². The Hall–Kier alpha value is -3.65. The first-order chi connectivity index (χ1) is 15.5. The number of fused-ring (bicyclic) bond motifs is 1. The topological polar surface area (TPSA) is 81.1 Å². The standard InChI is InChI=1S/C24H20FN3O3S/c1-2-3-21(30)27-18-10-6-16(7-11-18)20(29)12-28-14-26-23-22(24(28)31)19(13-32-23)15-4-8-17(25)9-5-15/h4-11,13-14H,2-3,12H2,1H3,(H,27,30). The van der Waals surface area contributed by atoms with Crippen molar-refractivity contribution in [2.45, 2.75) is 26.3 Å². The van der Waals surface area contributed by atoms with Gasteiger partial charge in [0.25, 0.3) is 5.56 Å². The molecule has 1 amide bonds. The Morgan fingerprint density at radius 1 is 1.09 bits per heavy atom. The lowest BCUT2D eigenvalue weighted by Gasteiger charge is -2.08. The van der Waals surface area contributed by atoms with Crippen molar-refractivity contribution >= 4 is 38.9 Å². The van der Waals surface area contributed by atoms with E-state index in [2.05, 4.69) is 10.3 Å². The summed E-state index contributed by atoms with van der Waals surface area (Å²) in [6, 6.07) is 12.5. The number of halogens is 1. The number of thiophene rings is 1. The molecule has 2 heterocycles. The van der Waals surface area contributed by atoms with Gasteiger partial charge in [-0.25, -0.2) is 9.37 Å². The zero-order valence-electron chi connectivity index (χ0n) is 17.3. The molecule has 0 aliphatic heterocycles. The normalized spacial score (nSPS) is 10.9. The highest BCUT2D eigenvalue weighted by molar-refractivity contribution is 7.17. The van der Waals surface area contributed by atoms with Gasteiger partial charge in [-0.15, -0.1) is 11.3 Å².